The second-order valence-corrected chi connectivity index (χ2v) is 8.43. The lowest BCUT2D eigenvalue weighted by atomic mass is 10.00. The Morgan fingerprint density at radius 1 is 0.865 bits per heavy atom. The number of carbonyl (C=O) groups is 1. The van der Waals surface area contributed by atoms with Crippen molar-refractivity contribution in [3.63, 3.8) is 0 Å². The number of rotatable bonds is 15. The van der Waals surface area contributed by atoms with Gasteiger partial charge in [0.15, 0.2) is 6.10 Å². The first-order valence-electron chi connectivity index (χ1n) is 12.2. The van der Waals surface area contributed by atoms with Crippen molar-refractivity contribution in [2.24, 2.45) is 0 Å². The first kappa shape index (κ1) is 28.1. The van der Waals surface area contributed by atoms with Gasteiger partial charge in [0.1, 0.15) is 18.0 Å². The average Bonchev–Trinajstić information content (AvgIpc) is 2.94. The molecular formula is C29H35NO7. The first-order valence-corrected chi connectivity index (χ1v) is 12.2. The third-order valence-electron chi connectivity index (χ3n) is 5.72. The minimum atomic E-state index is -1.80. The summed E-state index contributed by atoms with van der Waals surface area (Å²) in [7, 11) is 1.59. The van der Waals surface area contributed by atoms with E-state index in [2.05, 4.69) is 5.32 Å². The van der Waals surface area contributed by atoms with E-state index in [4.69, 9.17) is 18.9 Å². The third-order valence-corrected chi connectivity index (χ3v) is 5.72. The lowest BCUT2D eigenvalue weighted by Gasteiger charge is -2.33. The molecule has 0 spiro atoms. The number of anilines is 1. The van der Waals surface area contributed by atoms with Crippen molar-refractivity contribution in [1.29, 1.82) is 0 Å². The van der Waals surface area contributed by atoms with Crippen LogP contribution in [0.5, 0.6) is 5.75 Å². The number of hydrogen-bond donors (Lipinski definition) is 3. The second-order valence-electron chi connectivity index (χ2n) is 8.43. The summed E-state index contributed by atoms with van der Waals surface area (Å²) >= 11 is 0. The van der Waals surface area contributed by atoms with E-state index < -0.39 is 30.3 Å². The van der Waals surface area contributed by atoms with Gasteiger partial charge in [0.05, 0.1) is 39.6 Å². The Morgan fingerprint density at radius 2 is 1.46 bits per heavy atom. The SMILES string of the molecule is CCOC(=O)[C@H](O)[C@@H](O)[C@@H](OCc1ccccc1)[C@@H](COCc1ccccc1)Nc1ccc(OC)cc1. The van der Waals surface area contributed by atoms with Gasteiger partial charge in [-0.3, -0.25) is 0 Å². The number of carbonyl (C=O) groups excluding carboxylic acids is 1. The summed E-state index contributed by atoms with van der Waals surface area (Å²) in [6, 6.07) is 25.7. The molecule has 3 N–H and O–H groups in total. The van der Waals surface area contributed by atoms with Crippen LogP contribution in [0.4, 0.5) is 5.69 Å². The largest absolute Gasteiger partial charge is 0.497 e. The maximum Gasteiger partial charge on any atom is 0.337 e. The van der Waals surface area contributed by atoms with Crippen LogP contribution >= 0.6 is 0 Å². The second kappa shape index (κ2) is 15.0. The van der Waals surface area contributed by atoms with Crippen LogP contribution in [0.1, 0.15) is 18.1 Å². The van der Waals surface area contributed by atoms with Crippen molar-refractivity contribution in [3.8, 4) is 5.75 Å². The van der Waals surface area contributed by atoms with Crippen molar-refractivity contribution < 1.29 is 34.0 Å². The molecule has 0 amide bonds. The van der Waals surface area contributed by atoms with Crippen LogP contribution < -0.4 is 10.1 Å². The third kappa shape index (κ3) is 8.87. The molecule has 0 aromatic heterocycles. The fraction of sp³-hybridized carbons (Fsp3) is 0.345. The Bertz CT molecular complexity index is 1050. The van der Waals surface area contributed by atoms with Gasteiger partial charge in [-0.25, -0.2) is 4.79 Å². The topological polar surface area (TPSA) is 106 Å². The summed E-state index contributed by atoms with van der Waals surface area (Å²) in [5.74, 6) is -0.228. The van der Waals surface area contributed by atoms with Gasteiger partial charge in [-0.1, -0.05) is 60.7 Å². The van der Waals surface area contributed by atoms with Gasteiger partial charge in [0, 0.05) is 5.69 Å². The molecule has 0 saturated carbocycles. The fourth-order valence-electron chi connectivity index (χ4n) is 3.76. The van der Waals surface area contributed by atoms with Crippen LogP contribution in [0.2, 0.25) is 0 Å². The van der Waals surface area contributed by atoms with Crippen molar-refractivity contribution in [2.45, 2.75) is 44.5 Å². The summed E-state index contributed by atoms with van der Waals surface area (Å²) < 4.78 is 22.3. The molecule has 4 atom stereocenters. The average molecular weight is 510 g/mol. The van der Waals surface area contributed by atoms with E-state index >= 15 is 0 Å². The summed E-state index contributed by atoms with van der Waals surface area (Å²) in [4.78, 5) is 12.3. The smallest absolute Gasteiger partial charge is 0.337 e. The number of ether oxygens (including phenoxy) is 4. The summed E-state index contributed by atoms with van der Waals surface area (Å²) in [6.45, 7) is 2.31. The zero-order chi connectivity index (χ0) is 26.5. The van der Waals surface area contributed by atoms with Crippen LogP contribution in [0, 0.1) is 0 Å². The van der Waals surface area contributed by atoms with Crippen LogP contribution in [0.15, 0.2) is 84.9 Å². The number of aliphatic hydroxyl groups excluding tert-OH is 2. The molecular weight excluding hydrogens is 474 g/mol. The minimum absolute atomic E-state index is 0.0753. The molecule has 0 aliphatic rings. The predicted octanol–water partition coefficient (Wildman–Crippen LogP) is 3.56. The van der Waals surface area contributed by atoms with Gasteiger partial charge in [-0.15, -0.1) is 0 Å². The Hall–Kier alpha value is -3.43. The van der Waals surface area contributed by atoms with Crippen LogP contribution in [0.25, 0.3) is 0 Å². The van der Waals surface area contributed by atoms with Crippen molar-refractivity contribution >= 4 is 11.7 Å². The zero-order valence-electron chi connectivity index (χ0n) is 21.2. The Labute approximate surface area is 217 Å². The fourth-order valence-corrected chi connectivity index (χ4v) is 3.76. The highest BCUT2D eigenvalue weighted by molar-refractivity contribution is 5.75. The molecule has 3 rings (SSSR count). The highest BCUT2D eigenvalue weighted by atomic mass is 16.6. The Morgan fingerprint density at radius 3 is 2.03 bits per heavy atom. The van der Waals surface area contributed by atoms with Gasteiger partial charge in [0.2, 0.25) is 0 Å². The molecule has 3 aromatic carbocycles. The molecule has 0 saturated heterocycles. The normalized spacial score (nSPS) is 14.3. The van der Waals surface area contributed by atoms with E-state index in [-0.39, 0.29) is 19.8 Å². The Balaban J connectivity index is 1.84. The van der Waals surface area contributed by atoms with Crippen LogP contribution in [-0.2, 0) is 32.2 Å². The molecule has 8 heteroatoms. The number of nitrogens with one attached hydrogen (secondary N) is 1. The van der Waals surface area contributed by atoms with Crippen molar-refractivity contribution in [2.75, 3.05) is 25.6 Å². The van der Waals surface area contributed by atoms with Crippen molar-refractivity contribution in [1.82, 2.24) is 0 Å². The molecule has 0 bridgehead atoms. The molecule has 8 nitrogen and oxygen atoms in total. The highest BCUT2D eigenvalue weighted by Crippen LogP contribution is 2.21. The zero-order valence-corrected chi connectivity index (χ0v) is 21.2. The number of esters is 1. The molecule has 0 aliphatic heterocycles. The number of hydrogen-bond acceptors (Lipinski definition) is 8. The van der Waals surface area contributed by atoms with Gasteiger partial charge in [-0.2, -0.15) is 0 Å². The first-order chi connectivity index (χ1) is 18.0. The lowest BCUT2D eigenvalue weighted by molar-refractivity contribution is -0.169. The summed E-state index contributed by atoms with van der Waals surface area (Å²) in [5.41, 5.74) is 2.58. The van der Waals surface area contributed by atoms with E-state index in [0.717, 1.165) is 16.8 Å². The van der Waals surface area contributed by atoms with E-state index in [1.54, 1.807) is 26.2 Å². The molecule has 0 fully saturated rings. The van der Waals surface area contributed by atoms with Crippen LogP contribution in [0.3, 0.4) is 0 Å². The molecule has 0 radical (unpaired) electrons. The highest BCUT2D eigenvalue weighted by Gasteiger charge is 2.38. The van der Waals surface area contributed by atoms with Gasteiger partial charge >= 0.3 is 5.97 Å². The number of benzene rings is 3. The molecule has 0 unspecified atom stereocenters. The summed E-state index contributed by atoms with van der Waals surface area (Å²) in [5, 5.41) is 25.0. The minimum Gasteiger partial charge on any atom is -0.497 e. The maximum absolute atomic E-state index is 12.3. The standard InChI is InChI=1S/C29H35NO7/c1-3-36-29(33)27(32)26(31)28(37-19-22-12-8-5-9-13-22)25(20-35-18-21-10-6-4-7-11-21)30-23-14-16-24(34-2)17-15-23/h4-17,25-28,30-32H,3,18-20H2,1-2H3/t25-,26-,27-,28+/m1/s1. The Kier molecular flexibility index (Phi) is 11.4. The van der Waals surface area contributed by atoms with E-state index in [1.165, 1.54) is 0 Å². The van der Waals surface area contributed by atoms with Crippen LogP contribution in [-0.4, -0.2) is 60.9 Å². The molecule has 0 aliphatic carbocycles. The number of aliphatic hydroxyl groups is 2. The molecule has 0 heterocycles. The molecule has 37 heavy (non-hydrogen) atoms. The van der Waals surface area contributed by atoms with E-state index in [1.807, 2.05) is 72.8 Å². The quantitative estimate of drug-likeness (QED) is 0.267. The van der Waals surface area contributed by atoms with Gasteiger partial charge in [-0.05, 0) is 42.3 Å². The predicted molar refractivity (Wildman–Crippen MR) is 140 cm³/mol. The molecule has 198 valence electrons. The van der Waals surface area contributed by atoms with Crippen molar-refractivity contribution in [3.05, 3.63) is 96.1 Å². The van der Waals surface area contributed by atoms with E-state index in [0.29, 0.717) is 12.4 Å². The van der Waals surface area contributed by atoms with Gasteiger partial charge < -0.3 is 34.5 Å². The van der Waals surface area contributed by atoms with E-state index in [9.17, 15) is 15.0 Å². The molecule has 3 aromatic rings. The lowest BCUT2D eigenvalue weighted by Crippen LogP contribution is -2.53. The summed E-state index contributed by atoms with van der Waals surface area (Å²) in [6.07, 6.45) is -4.41. The monoisotopic (exact) mass is 509 g/mol. The van der Waals surface area contributed by atoms with Gasteiger partial charge in [0.25, 0.3) is 0 Å². The number of methoxy groups -OCH3 is 1. The maximum atomic E-state index is 12.3.